The number of nitrogens with zero attached hydrogens (tertiary/aromatic N) is 2. The Bertz CT molecular complexity index is 558. The van der Waals surface area contributed by atoms with Crippen LogP contribution >= 0.6 is 15.9 Å². The largest absolute Gasteiger partial charge is 0.398 e. The Kier molecular flexibility index (Phi) is 5.37. The summed E-state index contributed by atoms with van der Waals surface area (Å²) in [5.74, 6) is 0. The van der Waals surface area contributed by atoms with E-state index in [4.69, 9.17) is 5.73 Å². The molecule has 0 saturated carbocycles. The van der Waals surface area contributed by atoms with E-state index in [0.29, 0.717) is 28.8 Å². The molecule has 1 rings (SSSR count). The minimum absolute atomic E-state index is 0.259. The van der Waals surface area contributed by atoms with Crippen LogP contribution in [0.15, 0.2) is 21.5 Å². The number of hydrogen-bond donors (Lipinski definition) is 1. The van der Waals surface area contributed by atoms with Crippen molar-refractivity contribution in [1.82, 2.24) is 9.21 Å². The van der Waals surface area contributed by atoms with Crippen molar-refractivity contribution in [2.75, 3.05) is 40.0 Å². The molecule has 0 aliphatic heterocycles. The third kappa shape index (κ3) is 3.92. The number of nitrogens with two attached hydrogens (primary N) is 1. The zero-order valence-electron chi connectivity index (χ0n) is 11.6. The maximum atomic E-state index is 12.5. The van der Waals surface area contributed by atoms with Gasteiger partial charge in [-0.25, -0.2) is 8.42 Å². The van der Waals surface area contributed by atoms with Crippen LogP contribution < -0.4 is 5.73 Å². The van der Waals surface area contributed by atoms with Gasteiger partial charge in [0.05, 0.1) is 4.90 Å². The number of hydrogen-bond acceptors (Lipinski definition) is 4. The summed E-state index contributed by atoms with van der Waals surface area (Å²) < 4.78 is 27.0. The smallest absolute Gasteiger partial charge is 0.243 e. The van der Waals surface area contributed by atoms with Crippen molar-refractivity contribution in [3.63, 3.8) is 0 Å². The van der Waals surface area contributed by atoms with E-state index < -0.39 is 10.0 Å². The Hall–Kier alpha value is -0.630. The van der Waals surface area contributed by atoms with Gasteiger partial charge in [0, 0.05) is 30.3 Å². The number of nitrogen functional groups attached to an aromatic ring is 1. The molecule has 5 nitrogen and oxygen atoms in total. The molecule has 7 heteroatoms. The van der Waals surface area contributed by atoms with Crippen LogP contribution in [0.4, 0.5) is 5.69 Å². The molecule has 1 aromatic carbocycles. The van der Waals surface area contributed by atoms with Crippen LogP contribution in [0.3, 0.4) is 0 Å². The van der Waals surface area contributed by atoms with Crippen molar-refractivity contribution in [2.45, 2.75) is 11.8 Å². The number of aryl methyl sites for hydroxylation is 1. The Morgan fingerprint density at radius 3 is 2.32 bits per heavy atom. The minimum atomic E-state index is -3.50. The fraction of sp³-hybridized carbons (Fsp3) is 0.500. The van der Waals surface area contributed by atoms with E-state index in [9.17, 15) is 8.42 Å². The Morgan fingerprint density at radius 1 is 1.21 bits per heavy atom. The summed E-state index contributed by atoms with van der Waals surface area (Å²) in [4.78, 5) is 2.20. The van der Waals surface area contributed by atoms with Crippen LogP contribution in [0.25, 0.3) is 0 Å². The molecule has 0 radical (unpaired) electrons. The van der Waals surface area contributed by atoms with Crippen LogP contribution in [-0.4, -0.2) is 51.9 Å². The molecule has 0 amide bonds. The zero-order valence-corrected chi connectivity index (χ0v) is 14.0. The van der Waals surface area contributed by atoms with Crippen LogP contribution in [0.2, 0.25) is 0 Å². The van der Waals surface area contributed by atoms with E-state index >= 15 is 0 Å². The van der Waals surface area contributed by atoms with Crippen LogP contribution in [0, 0.1) is 6.92 Å². The van der Waals surface area contributed by atoms with Crippen molar-refractivity contribution >= 4 is 31.6 Å². The second kappa shape index (κ2) is 6.21. The first-order chi connectivity index (χ1) is 8.66. The molecule has 108 valence electrons. The standard InChI is InChI=1S/C12H20BrN3O2S/c1-9-7-10(13)11(14)8-12(9)19(17,18)16(4)6-5-15(2)3/h7-8H,5-6,14H2,1-4H3. The number of rotatable bonds is 5. The Labute approximate surface area is 123 Å². The molecule has 0 atom stereocenters. The highest BCUT2D eigenvalue weighted by Crippen LogP contribution is 2.28. The molecule has 2 N–H and O–H groups in total. The van der Waals surface area contributed by atoms with Crippen molar-refractivity contribution in [3.8, 4) is 0 Å². The predicted molar refractivity (Wildman–Crippen MR) is 81.7 cm³/mol. The van der Waals surface area contributed by atoms with E-state index in [0.717, 1.165) is 0 Å². The molecular weight excluding hydrogens is 330 g/mol. The first-order valence-electron chi connectivity index (χ1n) is 5.83. The molecule has 1 aromatic rings. The second-order valence-corrected chi connectivity index (χ2v) is 7.64. The van der Waals surface area contributed by atoms with E-state index in [-0.39, 0.29) is 4.90 Å². The quantitative estimate of drug-likeness (QED) is 0.818. The van der Waals surface area contributed by atoms with Gasteiger partial charge in [0.25, 0.3) is 0 Å². The summed E-state index contributed by atoms with van der Waals surface area (Å²) in [5, 5.41) is 0. The molecular formula is C12H20BrN3O2S. The first-order valence-corrected chi connectivity index (χ1v) is 8.06. The number of benzene rings is 1. The van der Waals surface area contributed by atoms with Crippen LogP contribution in [-0.2, 0) is 10.0 Å². The summed E-state index contributed by atoms with van der Waals surface area (Å²) in [7, 11) is 1.89. The maximum absolute atomic E-state index is 12.5. The van der Waals surface area contributed by atoms with Gasteiger partial charge in [-0.2, -0.15) is 4.31 Å². The lowest BCUT2D eigenvalue weighted by Gasteiger charge is -2.21. The molecule has 0 spiro atoms. The third-order valence-corrected chi connectivity index (χ3v) is 5.53. The van der Waals surface area contributed by atoms with E-state index in [2.05, 4.69) is 15.9 Å². The van der Waals surface area contributed by atoms with Gasteiger partial charge < -0.3 is 10.6 Å². The molecule has 0 bridgehead atoms. The van der Waals surface area contributed by atoms with Crippen LogP contribution in [0.5, 0.6) is 0 Å². The van der Waals surface area contributed by atoms with Gasteiger partial charge in [0.2, 0.25) is 10.0 Å². The fourth-order valence-electron chi connectivity index (χ4n) is 1.58. The van der Waals surface area contributed by atoms with Gasteiger partial charge in [-0.1, -0.05) is 0 Å². The summed E-state index contributed by atoms with van der Waals surface area (Å²) in [6, 6.07) is 3.23. The van der Waals surface area contributed by atoms with E-state index in [1.807, 2.05) is 19.0 Å². The lowest BCUT2D eigenvalue weighted by Crippen LogP contribution is -2.33. The average Bonchev–Trinajstić information content (AvgIpc) is 2.30. The highest BCUT2D eigenvalue weighted by atomic mass is 79.9. The van der Waals surface area contributed by atoms with Gasteiger partial charge >= 0.3 is 0 Å². The minimum Gasteiger partial charge on any atom is -0.398 e. The molecule has 0 aromatic heterocycles. The number of sulfonamides is 1. The SMILES string of the molecule is Cc1cc(Br)c(N)cc1S(=O)(=O)N(C)CCN(C)C. The first kappa shape index (κ1) is 16.4. The van der Waals surface area contributed by atoms with Crippen molar-refractivity contribution < 1.29 is 8.42 Å². The maximum Gasteiger partial charge on any atom is 0.243 e. The molecule has 19 heavy (non-hydrogen) atoms. The van der Waals surface area contributed by atoms with Crippen molar-refractivity contribution in [3.05, 3.63) is 22.2 Å². The lowest BCUT2D eigenvalue weighted by atomic mass is 10.2. The normalized spacial score (nSPS) is 12.4. The molecule has 0 aliphatic rings. The van der Waals surface area contributed by atoms with Crippen LogP contribution in [0.1, 0.15) is 5.56 Å². The summed E-state index contributed by atoms with van der Waals surface area (Å²) in [6.07, 6.45) is 0. The summed E-state index contributed by atoms with van der Waals surface area (Å²) in [5.41, 5.74) is 6.87. The monoisotopic (exact) mass is 349 g/mol. The Morgan fingerprint density at radius 2 is 1.79 bits per heavy atom. The highest BCUT2D eigenvalue weighted by Gasteiger charge is 2.23. The molecule has 0 saturated heterocycles. The topological polar surface area (TPSA) is 66.6 Å². The number of likely N-dealkylation sites (N-methyl/N-ethyl adjacent to an activating group) is 2. The van der Waals surface area contributed by atoms with Gasteiger partial charge in [-0.05, 0) is 54.6 Å². The third-order valence-electron chi connectivity index (χ3n) is 2.84. The molecule has 0 fully saturated rings. The van der Waals surface area contributed by atoms with Crippen molar-refractivity contribution in [2.24, 2.45) is 0 Å². The fourth-order valence-corrected chi connectivity index (χ4v) is 3.43. The van der Waals surface area contributed by atoms with Crippen molar-refractivity contribution in [1.29, 1.82) is 0 Å². The molecule has 0 unspecified atom stereocenters. The predicted octanol–water partition coefficient (Wildman–Crippen LogP) is 1.52. The summed E-state index contributed by atoms with van der Waals surface area (Å²) >= 11 is 3.29. The number of halogens is 1. The summed E-state index contributed by atoms with van der Waals surface area (Å²) in [6.45, 7) is 2.86. The highest BCUT2D eigenvalue weighted by molar-refractivity contribution is 9.10. The average molecular weight is 350 g/mol. The van der Waals surface area contributed by atoms with E-state index in [1.54, 1.807) is 20.0 Å². The molecule has 0 heterocycles. The van der Waals surface area contributed by atoms with E-state index in [1.165, 1.54) is 10.4 Å². The Balaban J connectivity index is 3.10. The number of anilines is 1. The van der Waals surface area contributed by atoms with Gasteiger partial charge in [-0.15, -0.1) is 0 Å². The zero-order chi connectivity index (χ0) is 14.8. The molecule has 0 aliphatic carbocycles. The van der Waals surface area contributed by atoms with Gasteiger partial charge in [0.15, 0.2) is 0 Å². The lowest BCUT2D eigenvalue weighted by molar-refractivity contribution is 0.358. The van der Waals surface area contributed by atoms with Gasteiger partial charge in [0.1, 0.15) is 0 Å². The van der Waals surface area contributed by atoms with Gasteiger partial charge in [-0.3, -0.25) is 0 Å². The second-order valence-electron chi connectivity index (χ2n) is 4.77.